The van der Waals surface area contributed by atoms with Crippen LogP contribution in [0.1, 0.15) is 51.0 Å². The average Bonchev–Trinajstić information content (AvgIpc) is 2.88. The van der Waals surface area contributed by atoms with Gasteiger partial charge in [0.15, 0.2) is 0 Å². The predicted molar refractivity (Wildman–Crippen MR) is 87.7 cm³/mol. The van der Waals surface area contributed by atoms with Gasteiger partial charge in [0.1, 0.15) is 5.82 Å². The Labute approximate surface area is 139 Å². The number of alkyl halides is 3. The van der Waals surface area contributed by atoms with Gasteiger partial charge in [-0.3, -0.25) is 0 Å². The molecule has 0 fully saturated rings. The number of rotatable bonds is 6. The molecular formula is C17H24F3N3O. The van der Waals surface area contributed by atoms with Crippen LogP contribution in [0, 0.1) is 0 Å². The lowest BCUT2D eigenvalue weighted by Gasteiger charge is -2.27. The number of benzene rings is 1. The van der Waals surface area contributed by atoms with Crippen molar-refractivity contribution in [2.24, 2.45) is 7.05 Å². The van der Waals surface area contributed by atoms with Crippen molar-refractivity contribution >= 4 is 11.0 Å². The third-order valence-corrected chi connectivity index (χ3v) is 4.68. The van der Waals surface area contributed by atoms with Crippen LogP contribution in [-0.2, 0) is 13.2 Å². The lowest BCUT2D eigenvalue weighted by molar-refractivity contribution is -0.137. The largest absolute Gasteiger partial charge is 0.416 e. The van der Waals surface area contributed by atoms with E-state index in [1.165, 1.54) is 6.07 Å². The zero-order chi connectivity index (χ0) is 18.1. The summed E-state index contributed by atoms with van der Waals surface area (Å²) in [6.07, 6.45) is -3.13. The number of hydrogen-bond donors (Lipinski definition) is 2. The number of aliphatic hydroxyl groups is 1. The first-order valence-electron chi connectivity index (χ1n) is 8.10. The van der Waals surface area contributed by atoms with E-state index >= 15 is 0 Å². The molecule has 0 spiro atoms. The number of nitrogens with zero attached hydrogens (tertiary/aromatic N) is 2. The van der Waals surface area contributed by atoms with Crippen molar-refractivity contribution in [2.45, 2.75) is 51.4 Å². The third kappa shape index (κ3) is 3.72. The van der Waals surface area contributed by atoms with Gasteiger partial charge in [-0.2, -0.15) is 13.2 Å². The molecule has 4 nitrogen and oxygen atoms in total. The highest BCUT2D eigenvalue weighted by Gasteiger charge is 2.31. The molecule has 2 aromatic rings. The van der Waals surface area contributed by atoms with Crippen molar-refractivity contribution < 1.29 is 18.3 Å². The second-order valence-corrected chi connectivity index (χ2v) is 6.26. The summed E-state index contributed by atoms with van der Waals surface area (Å²) in [4.78, 5) is 4.36. The summed E-state index contributed by atoms with van der Waals surface area (Å²) in [5.74, 6) is 0.638. The van der Waals surface area contributed by atoms with Crippen LogP contribution in [0.2, 0.25) is 0 Å². The SMILES string of the molecule is CCC(O)(CC)CNC(C)c1nc2cc(C(F)(F)F)ccc2n1C. The number of fused-ring (bicyclic) bond motifs is 1. The number of nitrogens with one attached hydrogen (secondary N) is 1. The molecule has 0 saturated carbocycles. The van der Waals surface area contributed by atoms with Crippen LogP contribution in [0.5, 0.6) is 0 Å². The molecule has 1 aromatic heterocycles. The van der Waals surface area contributed by atoms with Gasteiger partial charge < -0.3 is 15.0 Å². The smallest absolute Gasteiger partial charge is 0.389 e. The van der Waals surface area contributed by atoms with Gasteiger partial charge in [0, 0.05) is 13.6 Å². The number of hydrogen-bond acceptors (Lipinski definition) is 3. The van der Waals surface area contributed by atoms with E-state index in [0.29, 0.717) is 36.2 Å². The maximum Gasteiger partial charge on any atom is 0.416 e. The monoisotopic (exact) mass is 343 g/mol. The van der Waals surface area contributed by atoms with E-state index in [0.717, 1.165) is 12.1 Å². The number of imidazole rings is 1. The van der Waals surface area contributed by atoms with Crippen LogP contribution in [0.25, 0.3) is 11.0 Å². The van der Waals surface area contributed by atoms with E-state index in [1.807, 2.05) is 20.8 Å². The lowest BCUT2D eigenvalue weighted by Crippen LogP contribution is -2.40. The Bertz CT molecular complexity index is 705. The van der Waals surface area contributed by atoms with Crippen LogP contribution in [0.15, 0.2) is 18.2 Å². The topological polar surface area (TPSA) is 50.1 Å². The van der Waals surface area contributed by atoms with Gasteiger partial charge in [-0.15, -0.1) is 0 Å². The van der Waals surface area contributed by atoms with Crippen molar-refractivity contribution in [3.8, 4) is 0 Å². The summed E-state index contributed by atoms with van der Waals surface area (Å²) in [5, 5.41) is 13.6. The average molecular weight is 343 g/mol. The van der Waals surface area contributed by atoms with E-state index in [9.17, 15) is 18.3 Å². The molecule has 1 atom stereocenters. The minimum atomic E-state index is -4.38. The molecule has 2 rings (SSSR count). The van der Waals surface area contributed by atoms with Gasteiger partial charge in [-0.25, -0.2) is 4.98 Å². The van der Waals surface area contributed by atoms with Crippen LogP contribution in [0.3, 0.4) is 0 Å². The first-order chi connectivity index (χ1) is 11.1. The van der Waals surface area contributed by atoms with E-state index < -0.39 is 17.3 Å². The Morgan fingerprint density at radius 2 is 1.88 bits per heavy atom. The minimum Gasteiger partial charge on any atom is -0.389 e. The summed E-state index contributed by atoms with van der Waals surface area (Å²) in [6, 6.07) is 3.38. The van der Waals surface area contributed by atoms with Crippen LogP contribution in [0.4, 0.5) is 13.2 Å². The summed E-state index contributed by atoms with van der Waals surface area (Å²) in [5.41, 5.74) is -0.529. The Morgan fingerprint density at radius 3 is 2.42 bits per heavy atom. The molecule has 0 amide bonds. The van der Waals surface area contributed by atoms with E-state index in [4.69, 9.17) is 0 Å². The highest BCUT2D eigenvalue weighted by molar-refractivity contribution is 5.77. The lowest BCUT2D eigenvalue weighted by atomic mass is 9.97. The van der Waals surface area contributed by atoms with Crippen molar-refractivity contribution in [3.05, 3.63) is 29.6 Å². The van der Waals surface area contributed by atoms with Crippen molar-refractivity contribution in [3.63, 3.8) is 0 Å². The molecular weight excluding hydrogens is 319 g/mol. The van der Waals surface area contributed by atoms with Crippen molar-refractivity contribution in [1.82, 2.24) is 14.9 Å². The fraction of sp³-hybridized carbons (Fsp3) is 0.588. The second kappa shape index (κ2) is 6.72. The first-order valence-corrected chi connectivity index (χ1v) is 8.10. The third-order valence-electron chi connectivity index (χ3n) is 4.68. The maximum absolute atomic E-state index is 12.8. The van der Waals surface area contributed by atoms with Crippen LogP contribution >= 0.6 is 0 Å². The Morgan fingerprint density at radius 1 is 1.25 bits per heavy atom. The van der Waals surface area contributed by atoms with Gasteiger partial charge in [0.25, 0.3) is 0 Å². The molecule has 7 heteroatoms. The van der Waals surface area contributed by atoms with Crippen molar-refractivity contribution in [2.75, 3.05) is 6.54 Å². The Kier molecular flexibility index (Phi) is 5.25. The van der Waals surface area contributed by atoms with E-state index in [2.05, 4.69) is 10.3 Å². The molecule has 24 heavy (non-hydrogen) atoms. The summed E-state index contributed by atoms with van der Waals surface area (Å²) < 4.78 is 40.3. The maximum atomic E-state index is 12.8. The highest BCUT2D eigenvalue weighted by atomic mass is 19.4. The van der Waals surface area contributed by atoms with Gasteiger partial charge in [0.05, 0.1) is 28.2 Å². The number of aryl methyl sites for hydroxylation is 1. The zero-order valence-electron chi connectivity index (χ0n) is 14.4. The van der Waals surface area contributed by atoms with Gasteiger partial charge in [-0.1, -0.05) is 13.8 Å². The Hall–Kier alpha value is -1.60. The molecule has 0 saturated heterocycles. The van der Waals surface area contributed by atoms with Crippen LogP contribution < -0.4 is 5.32 Å². The predicted octanol–water partition coefficient (Wildman–Crippen LogP) is 3.79. The van der Waals surface area contributed by atoms with Crippen LogP contribution in [-0.4, -0.2) is 26.8 Å². The molecule has 0 radical (unpaired) electrons. The second-order valence-electron chi connectivity index (χ2n) is 6.26. The standard InChI is InChI=1S/C17H24F3N3O/c1-5-16(24,6-2)10-21-11(3)15-22-13-9-12(17(18,19)20)7-8-14(13)23(15)4/h7-9,11,21,24H,5-6,10H2,1-4H3. The van der Waals surface area contributed by atoms with Gasteiger partial charge >= 0.3 is 6.18 Å². The quantitative estimate of drug-likeness (QED) is 0.839. The molecule has 1 aromatic carbocycles. The molecule has 0 aliphatic carbocycles. The fourth-order valence-corrected chi connectivity index (χ4v) is 2.72. The van der Waals surface area contributed by atoms with Gasteiger partial charge in [0.2, 0.25) is 0 Å². The zero-order valence-corrected chi connectivity index (χ0v) is 14.4. The summed E-state index contributed by atoms with van der Waals surface area (Å²) in [7, 11) is 1.78. The normalized spacial score (nSPS) is 14.3. The molecule has 2 N–H and O–H groups in total. The molecule has 0 aliphatic rings. The molecule has 1 heterocycles. The fourth-order valence-electron chi connectivity index (χ4n) is 2.72. The summed E-state index contributed by atoms with van der Waals surface area (Å²) in [6.45, 7) is 6.13. The molecule has 0 aliphatic heterocycles. The van der Waals surface area contributed by atoms with E-state index in [-0.39, 0.29) is 6.04 Å². The summed E-state index contributed by atoms with van der Waals surface area (Å²) >= 11 is 0. The molecule has 0 bridgehead atoms. The number of aromatic nitrogens is 2. The van der Waals surface area contributed by atoms with Gasteiger partial charge in [-0.05, 0) is 38.0 Å². The molecule has 134 valence electrons. The van der Waals surface area contributed by atoms with E-state index in [1.54, 1.807) is 11.6 Å². The minimum absolute atomic E-state index is 0.193. The Balaban J connectivity index is 2.27. The molecule has 1 unspecified atom stereocenters. The first kappa shape index (κ1) is 18.7. The number of halogens is 3. The van der Waals surface area contributed by atoms with Crippen molar-refractivity contribution in [1.29, 1.82) is 0 Å². The highest BCUT2D eigenvalue weighted by Crippen LogP contribution is 2.32.